The van der Waals surface area contributed by atoms with Gasteiger partial charge in [0.1, 0.15) is 0 Å². The van der Waals surface area contributed by atoms with Crippen LogP contribution in [0.3, 0.4) is 0 Å². The fraction of sp³-hybridized carbons (Fsp3) is 0.438. The van der Waals surface area contributed by atoms with Crippen LogP contribution in [0.2, 0.25) is 0 Å². The molecule has 0 unspecified atom stereocenters. The normalized spacial score (nSPS) is 15.0. The van der Waals surface area contributed by atoms with Crippen LogP contribution in [-0.2, 0) is 6.42 Å². The van der Waals surface area contributed by atoms with Crippen LogP contribution in [0.5, 0.6) is 0 Å². The van der Waals surface area contributed by atoms with Crippen molar-refractivity contribution in [1.29, 1.82) is 0 Å². The number of piperidine rings is 1. The lowest BCUT2D eigenvalue weighted by molar-refractivity contribution is 0.572. The molecule has 0 atom stereocenters. The van der Waals surface area contributed by atoms with Gasteiger partial charge < -0.3 is 10.2 Å². The van der Waals surface area contributed by atoms with Gasteiger partial charge in [0.25, 0.3) is 0 Å². The number of anilines is 3. The molecule has 1 saturated heterocycles. The number of aromatic nitrogens is 3. The molecule has 5 heteroatoms. The van der Waals surface area contributed by atoms with Gasteiger partial charge in [0, 0.05) is 18.8 Å². The van der Waals surface area contributed by atoms with E-state index in [0.717, 1.165) is 31.0 Å². The molecule has 0 spiro atoms. The van der Waals surface area contributed by atoms with Gasteiger partial charge >= 0.3 is 0 Å². The number of nitrogens with zero attached hydrogens (tertiary/aromatic N) is 4. The average Bonchev–Trinajstić information content (AvgIpc) is 2.56. The second-order valence-electron chi connectivity index (χ2n) is 5.32. The molecule has 0 radical (unpaired) electrons. The fourth-order valence-corrected chi connectivity index (χ4v) is 2.69. The minimum Gasteiger partial charge on any atom is -0.355 e. The molecule has 2 heterocycles. The number of nitrogens with one attached hydrogen (secondary N) is 1. The largest absolute Gasteiger partial charge is 0.355 e. The average molecular weight is 283 g/mol. The van der Waals surface area contributed by atoms with Gasteiger partial charge in [0.15, 0.2) is 5.82 Å². The van der Waals surface area contributed by atoms with Gasteiger partial charge in [-0.25, -0.2) is 0 Å². The predicted molar refractivity (Wildman–Crippen MR) is 85.0 cm³/mol. The molecular weight excluding hydrogens is 262 g/mol. The SMILES string of the molecule is CCc1ccccc1Nc1nncc(N2CCCCC2)n1. The Bertz CT molecular complexity index is 593. The van der Waals surface area contributed by atoms with Crippen LogP contribution in [0, 0.1) is 0 Å². The van der Waals surface area contributed by atoms with Crippen molar-refractivity contribution in [2.75, 3.05) is 23.3 Å². The molecule has 1 aromatic carbocycles. The summed E-state index contributed by atoms with van der Waals surface area (Å²) in [6, 6.07) is 8.23. The van der Waals surface area contributed by atoms with Crippen LogP contribution < -0.4 is 10.2 Å². The zero-order chi connectivity index (χ0) is 14.5. The van der Waals surface area contributed by atoms with Gasteiger partial charge in [-0.2, -0.15) is 10.1 Å². The van der Waals surface area contributed by atoms with Gasteiger partial charge in [-0.1, -0.05) is 25.1 Å². The zero-order valence-electron chi connectivity index (χ0n) is 12.4. The Morgan fingerprint density at radius 2 is 1.95 bits per heavy atom. The van der Waals surface area contributed by atoms with Crippen molar-refractivity contribution < 1.29 is 0 Å². The van der Waals surface area contributed by atoms with Crippen LogP contribution in [0.25, 0.3) is 0 Å². The smallest absolute Gasteiger partial charge is 0.249 e. The minimum absolute atomic E-state index is 0.568. The van der Waals surface area contributed by atoms with Gasteiger partial charge in [0.2, 0.25) is 5.95 Å². The standard InChI is InChI=1S/C16H21N5/c1-2-13-8-4-5-9-14(13)18-16-19-15(12-17-20-16)21-10-6-3-7-11-21/h4-5,8-9,12H,2-3,6-7,10-11H2,1H3,(H,18,19,20). The van der Waals surface area contributed by atoms with Crippen LogP contribution >= 0.6 is 0 Å². The molecule has 21 heavy (non-hydrogen) atoms. The third-order valence-electron chi connectivity index (χ3n) is 3.87. The van der Waals surface area contributed by atoms with Crippen molar-refractivity contribution in [3.8, 4) is 0 Å². The summed E-state index contributed by atoms with van der Waals surface area (Å²) in [5.74, 6) is 1.49. The maximum Gasteiger partial charge on any atom is 0.249 e. The lowest BCUT2D eigenvalue weighted by Crippen LogP contribution is -2.30. The molecule has 2 aromatic rings. The van der Waals surface area contributed by atoms with E-state index in [1.807, 2.05) is 12.1 Å². The van der Waals surface area contributed by atoms with E-state index in [1.54, 1.807) is 6.20 Å². The number of para-hydroxylation sites is 1. The number of hydrogen-bond donors (Lipinski definition) is 1. The Morgan fingerprint density at radius 1 is 1.14 bits per heavy atom. The number of hydrogen-bond acceptors (Lipinski definition) is 5. The van der Waals surface area contributed by atoms with E-state index in [9.17, 15) is 0 Å². The Kier molecular flexibility index (Phi) is 4.28. The lowest BCUT2D eigenvalue weighted by atomic mass is 10.1. The molecule has 1 fully saturated rings. The first-order chi connectivity index (χ1) is 10.4. The summed E-state index contributed by atoms with van der Waals surface area (Å²) in [6.07, 6.45) is 6.49. The molecule has 110 valence electrons. The molecule has 1 aromatic heterocycles. The highest BCUT2D eigenvalue weighted by Gasteiger charge is 2.13. The van der Waals surface area contributed by atoms with E-state index in [-0.39, 0.29) is 0 Å². The van der Waals surface area contributed by atoms with Crippen LogP contribution in [0.15, 0.2) is 30.5 Å². The Balaban J connectivity index is 1.79. The second kappa shape index (κ2) is 6.52. The number of benzene rings is 1. The predicted octanol–water partition coefficient (Wildman–Crippen LogP) is 3.17. The molecule has 5 nitrogen and oxygen atoms in total. The van der Waals surface area contributed by atoms with E-state index in [1.165, 1.54) is 24.8 Å². The second-order valence-corrected chi connectivity index (χ2v) is 5.32. The van der Waals surface area contributed by atoms with Gasteiger partial charge in [-0.05, 0) is 37.3 Å². The fourth-order valence-electron chi connectivity index (χ4n) is 2.69. The third kappa shape index (κ3) is 3.29. The zero-order valence-corrected chi connectivity index (χ0v) is 12.4. The lowest BCUT2D eigenvalue weighted by Gasteiger charge is -2.27. The first kappa shape index (κ1) is 13.8. The van der Waals surface area contributed by atoms with Gasteiger partial charge in [-0.15, -0.1) is 5.10 Å². The summed E-state index contributed by atoms with van der Waals surface area (Å²) < 4.78 is 0. The summed E-state index contributed by atoms with van der Waals surface area (Å²) >= 11 is 0. The minimum atomic E-state index is 0.568. The van der Waals surface area contributed by atoms with Gasteiger partial charge in [-0.3, -0.25) is 0 Å². The first-order valence-corrected chi connectivity index (χ1v) is 7.66. The first-order valence-electron chi connectivity index (χ1n) is 7.66. The van der Waals surface area contributed by atoms with Crippen molar-refractivity contribution in [1.82, 2.24) is 15.2 Å². The Morgan fingerprint density at radius 3 is 2.76 bits per heavy atom. The van der Waals surface area contributed by atoms with Crippen molar-refractivity contribution in [3.63, 3.8) is 0 Å². The van der Waals surface area contributed by atoms with Crippen molar-refractivity contribution >= 4 is 17.5 Å². The molecule has 0 bridgehead atoms. The summed E-state index contributed by atoms with van der Waals surface area (Å²) in [4.78, 5) is 6.90. The number of rotatable bonds is 4. The number of aryl methyl sites for hydroxylation is 1. The maximum atomic E-state index is 4.61. The summed E-state index contributed by atoms with van der Waals surface area (Å²) in [5, 5.41) is 11.5. The van der Waals surface area contributed by atoms with Crippen LogP contribution in [0.4, 0.5) is 17.5 Å². The van der Waals surface area contributed by atoms with E-state index < -0.39 is 0 Å². The van der Waals surface area contributed by atoms with E-state index in [0.29, 0.717) is 5.95 Å². The molecule has 0 saturated carbocycles. The molecule has 3 rings (SSSR count). The van der Waals surface area contributed by atoms with E-state index >= 15 is 0 Å². The Hall–Kier alpha value is -2.17. The van der Waals surface area contributed by atoms with E-state index in [2.05, 4.69) is 44.5 Å². The monoisotopic (exact) mass is 283 g/mol. The highest BCUT2D eigenvalue weighted by molar-refractivity contribution is 5.59. The van der Waals surface area contributed by atoms with Crippen molar-refractivity contribution in [2.24, 2.45) is 0 Å². The van der Waals surface area contributed by atoms with E-state index in [4.69, 9.17) is 0 Å². The molecule has 1 aliphatic rings. The third-order valence-corrected chi connectivity index (χ3v) is 3.87. The topological polar surface area (TPSA) is 53.9 Å². The van der Waals surface area contributed by atoms with Crippen LogP contribution in [-0.4, -0.2) is 28.3 Å². The maximum absolute atomic E-state index is 4.61. The van der Waals surface area contributed by atoms with Crippen LogP contribution in [0.1, 0.15) is 31.7 Å². The summed E-state index contributed by atoms with van der Waals surface area (Å²) in [5.41, 5.74) is 2.31. The highest BCUT2D eigenvalue weighted by atomic mass is 15.3. The Labute approximate surface area is 125 Å². The molecule has 1 aliphatic heterocycles. The molecular formula is C16H21N5. The van der Waals surface area contributed by atoms with Crippen molar-refractivity contribution in [3.05, 3.63) is 36.0 Å². The highest BCUT2D eigenvalue weighted by Crippen LogP contribution is 2.21. The molecule has 0 amide bonds. The molecule has 0 aliphatic carbocycles. The quantitative estimate of drug-likeness (QED) is 0.934. The summed E-state index contributed by atoms with van der Waals surface area (Å²) in [7, 11) is 0. The van der Waals surface area contributed by atoms with Crippen molar-refractivity contribution in [2.45, 2.75) is 32.6 Å². The summed E-state index contributed by atoms with van der Waals surface area (Å²) in [6.45, 7) is 4.26. The van der Waals surface area contributed by atoms with Gasteiger partial charge in [0.05, 0.1) is 6.20 Å². The molecule has 1 N–H and O–H groups in total.